The van der Waals surface area contributed by atoms with Crippen molar-refractivity contribution in [1.82, 2.24) is 28.7 Å². The van der Waals surface area contributed by atoms with Crippen LogP contribution in [-0.2, 0) is 17.6 Å². The van der Waals surface area contributed by atoms with Gasteiger partial charge in [0, 0.05) is 75.0 Å². The average molecular weight is 1140 g/mol. The molecule has 8 heterocycles. The summed E-state index contributed by atoms with van der Waals surface area (Å²) < 4.78 is 9.98. The Balaban J connectivity index is 1.10. The molecule has 2 aliphatic rings. The number of nitrogens with zero attached hydrogens (tertiary/aromatic N) is 5. The van der Waals surface area contributed by atoms with Gasteiger partial charge in [-0.05, 0) is 141 Å². The maximum Gasteiger partial charge on any atom is 0.346 e. The Morgan fingerprint density at radius 1 is 0.530 bits per heavy atom. The molecule has 0 saturated carbocycles. The second-order valence-electron chi connectivity index (χ2n) is 21.8. The standard InChI is InChI=1S/C71H63N7O2S3/c1-6-8-10-12-14-48-38-62(81-61(48)40-50(41-72)71(79)80)51-28-29-52(69-68(51)77-83-78-69)63-39-49(15-13-11-9-7-2)70(82-63)67-59-36-34-57(75-59)65(46-24-18-43(4)19-25-46)55-32-30-53(73-55)64(45-22-16-42(3)17-23-45)54-31-33-56(74-54)66(58-35-37-60(67)76-58)47-26-20-44(5)21-27-47/h16-40,73,76H,6-15H2,1-5H3,(H,79,80)/b50-40-,64-53?,64-54?,65-55?,65-57?,66-56?,66-58?,67-59?,67-60?. The van der Waals surface area contributed by atoms with E-state index in [4.69, 9.17) is 18.7 Å². The quantitative estimate of drug-likeness (QED) is 0.0441. The summed E-state index contributed by atoms with van der Waals surface area (Å²) in [5, 5.41) is 19.6. The van der Waals surface area contributed by atoms with E-state index in [1.165, 1.54) is 51.4 Å². The number of rotatable bonds is 18. The number of H-pyrrole nitrogens is 2. The molecule has 0 aliphatic carbocycles. The normalized spacial score (nSPS) is 12.2. The smallest absolute Gasteiger partial charge is 0.346 e. The number of benzene rings is 4. The third-order valence-corrected chi connectivity index (χ3v) is 18.7. The molecule has 6 aromatic heterocycles. The van der Waals surface area contributed by atoms with Crippen LogP contribution in [0.3, 0.4) is 0 Å². The molecule has 12 rings (SSSR count). The fourth-order valence-electron chi connectivity index (χ4n) is 11.4. The van der Waals surface area contributed by atoms with Crippen LogP contribution in [0, 0.1) is 32.1 Å². The summed E-state index contributed by atoms with van der Waals surface area (Å²) >= 11 is 4.48. The van der Waals surface area contributed by atoms with E-state index in [0.29, 0.717) is 0 Å². The molecule has 12 heteroatoms. The number of fused-ring (bicyclic) bond motifs is 9. The fraction of sp³-hybridized carbons (Fsp3) is 0.211. The second-order valence-corrected chi connectivity index (χ2v) is 24.4. The molecule has 3 N–H and O–H groups in total. The number of aromatic nitrogens is 6. The third kappa shape index (κ3) is 11.2. The Morgan fingerprint density at radius 2 is 0.940 bits per heavy atom. The minimum absolute atomic E-state index is 0.277. The van der Waals surface area contributed by atoms with E-state index in [1.54, 1.807) is 11.3 Å². The van der Waals surface area contributed by atoms with Gasteiger partial charge in [0.25, 0.3) is 0 Å². The van der Waals surface area contributed by atoms with Crippen LogP contribution in [-0.4, -0.2) is 39.8 Å². The zero-order chi connectivity index (χ0) is 57.1. The molecule has 9 nitrogen and oxygen atoms in total. The Labute approximate surface area is 496 Å². The number of carboxylic acids is 1. The highest BCUT2D eigenvalue weighted by Crippen LogP contribution is 2.47. The summed E-state index contributed by atoms with van der Waals surface area (Å²) in [5.41, 5.74) is 23.7. The SMILES string of the molecule is CCCCCCc1cc(-c2ccc(-c3cc(CCCCCC)c(-c4c5nc(c(-c6ccc(C)cc6)c6ccc([nH]6)c(-c6ccc(C)cc6)c6nc(c(-c7ccc(C)cc7)c7ccc4[nH]7)C=C6)C=C5)s3)c3nsnc23)sc1/C=C(/C#N)C(=O)O. The van der Waals surface area contributed by atoms with Crippen LogP contribution in [0.5, 0.6) is 0 Å². The van der Waals surface area contributed by atoms with E-state index >= 15 is 0 Å². The fourth-order valence-corrected chi connectivity index (χ4v) is 14.4. The Morgan fingerprint density at radius 3 is 1.37 bits per heavy atom. The van der Waals surface area contributed by atoms with E-state index in [1.807, 2.05) is 6.07 Å². The molecule has 2 aliphatic heterocycles. The number of nitrogens with one attached hydrogen (secondary N) is 2. The molecular formula is C71H63N7O2S3. The lowest BCUT2D eigenvalue weighted by Gasteiger charge is -2.08. The number of hydrogen-bond donors (Lipinski definition) is 3. The van der Waals surface area contributed by atoms with Gasteiger partial charge in [-0.15, -0.1) is 22.7 Å². The number of aryl methyl sites for hydroxylation is 5. The molecule has 0 radical (unpaired) electrons. The van der Waals surface area contributed by atoms with Crippen molar-refractivity contribution in [3.8, 4) is 70.8 Å². The van der Waals surface area contributed by atoms with E-state index < -0.39 is 5.97 Å². The number of aromatic amines is 2. The van der Waals surface area contributed by atoms with Crippen molar-refractivity contribution >= 4 is 104 Å². The molecule has 412 valence electrons. The van der Waals surface area contributed by atoms with Crippen molar-refractivity contribution in [1.29, 1.82) is 5.26 Å². The average Bonchev–Trinajstić information content (AvgIpc) is 4.45. The summed E-state index contributed by atoms with van der Waals surface area (Å²) in [6.07, 6.45) is 20.7. The maximum absolute atomic E-state index is 12.1. The summed E-state index contributed by atoms with van der Waals surface area (Å²) in [7, 11) is 0. The lowest BCUT2D eigenvalue weighted by atomic mass is 10.00. The highest BCUT2D eigenvalue weighted by molar-refractivity contribution is 7.19. The van der Waals surface area contributed by atoms with Gasteiger partial charge >= 0.3 is 5.97 Å². The number of carbonyl (C=O) groups is 1. The molecular weight excluding hydrogens is 1080 g/mol. The number of thiophene rings is 2. The maximum atomic E-state index is 12.1. The van der Waals surface area contributed by atoms with E-state index in [-0.39, 0.29) is 5.57 Å². The molecule has 0 atom stereocenters. The lowest BCUT2D eigenvalue weighted by molar-refractivity contribution is -0.132. The van der Waals surface area contributed by atoms with E-state index in [0.717, 1.165) is 195 Å². The molecule has 0 unspecified atom stereocenters. The zero-order valence-electron chi connectivity index (χ0n) is 47.3. The van der Waals surface area contributed by atoms with Crippen molar-refractivity contribution in [3.63, 3.8) is 0 Å². The van der Waals surface area contributed by atoms with E-state index in [9.17, 15) is 15.2 Å². The molecule has 4 aromatic carbocycles. The van der Waals surface area contributed by atoms with Gasteiger partial charge in [-0.25, -0.2) is 14.8 Å². The van der Waals surface area contributed by atoms with Crippen LogP contribution in [0.1, 0.15) is 121 Å². The first-order chi connectivity index (χ1) is 40.5. The molecule has 0 saturated heterocycles. The van der Waals surface area contributed by atoms with Crippen LogP contribution < -0.4 is 0 Å². The van der Waals surface area contributed by atoms with Crippen LogP contribution in [0.4, 0.5) is 0 Å². The van der Waals surface area contributed by atoms with Crippen LogP contribution in [0.25, 0.3) is 128 Å². The largest absolute Gasteiger partial charge is 0.477 e. The molecule has 83 heavy (non-hydrogen) atoms. The molecule has 0 spiro atoms. The van der Waals surface area contributed by atoms with E-state index in [2.05, 4.69) is 190 Å². The highest BCUT2D eigenvalue weighted by atomic mass is 32.1. The summed E-state index contributed by atoms with van der Waals surface area (Å²) in [4.78, 5) is 35.3. The lowest BCUT2D eigenvalue weighted by Crippen LogP contribution is -1.97. The van der Waals surface area contributed by atoms with Crippen molar-refractivity contribution in [2.24, 2.45) is 0 Å². The Hall–Kier alpha value is -8.60. The van der Waals surface area contributed by atoms with Gasteiger partial charge in [0.1, 0.15) is 22.7 Å². The van der Waals surface area contributed by atoms with Gasteiger partial charge in [-0.2, -0.15) is 14.0 Å². The van der Waals surface area contributed by atoms with Gasteiger partial charge in [0.2, 0.25) is 0 Å². The Bertz CT molecular complexity index is 4380. The zero-order valence-corrected chi connectivity index (χ0v) is 49.8. The summed E-state index contributed by atoms with van der Waals surface area (Å²) in [5.74, 6) is -1.23. The minimum Gasteiger partial charge on any atom is -0.477 e. The highest BCUT2D eigenvalue weighted by Gasteiger charge is 2.25. The molecule has 8 bridgehead atoms. The first kappa shape index (κ1) is 55.0. The van der Waals surface area contributed by atoms with Crippen LogP contribution in [0.2, 0.25) is 0 Å². The van der Waals surface area contributed by atoms with Gasteiger partial charge in [0.15, 0.2) is 0 Å². The van der Waals surface area contributed by atoms with Crippen molar-refractivity contribution < 1.29 is 9.90 Å². The van der Waals surface area contributed by atoms with Crippen molar-refractivity contribution in [2.75, 3.05) is 0 Å². The molecule has 0 fully saturated rings. The predicted molar refractivity (Wildman–Crippen MR) is 349 cm³/mol. The van der Waals surface area contributed by atoms with Crippen molar-refractivity contribution in [2.45, 2.75) is 98.8 Å². The number of unbranched alkanes of at least 4 members (excludes halogenated alkanes) is 6. The predicted octanol–water partition coefficient (Wildman–Crippen LogP) is 19.9. The number of carboxylic acid groups (broad SMARTS) is 1. The Kier molecular flexibility index (Phi) is 15.9. The first-order valence-corrected chi connectivity index (χ1v) is 31.2. The van der Waals surface area contributed by atoms with Gasteiger partial charge in [-0.3, -0.25) is 0 Å². The number of hydrogen-bond acceptors (Lipinski definition) is 9. The number of nitriles is 1. The van der Waals surface area contributed by atoms with Gasteiger partial charge in [-0.1, -0.05) is 154 Å². The second kappa shape index (κ2) is 24.1. The number of aliphatic carboxylic acids is 1. The third-order valence-electron chi connectivity index (χ3n) is 15.8. The van der Waals surface area contributed by atoms with Crippen LogP contribution in [0.15, 0.2) is 127 Å². The topological polar surface area (TPSA) is 144 Å². The first-order valence-electron chi connectivity index (χ1n) is 28.8. The monoisotopic (exact) mass is 1140 g/mol. The summed E-state index contributed by atoms with van der Waals surface area (Å²) in [6, 6.07) is 45.7. The van der Waals surface area contributed by atoms with Crippen LogP contribution >= 0.6 is 34.4 Å². The minimum atomic E-state index is -1.23. The summed E-state index contributed by atoms with van der Waals surface area (Å²) in [6.45, 7) is 10.8. The van der Waals surface area contributed by atoms with Gasteiger partial charge < -0.3 is 15.1 Å². The van der Waals surface area contributed by atoms with Crippen molar-refractivity contribution in [3.05, 3.63) is 182 Å². The molecule has 10 aromatic rings. The van der Waals surface area contributed by atoms with Gasteiger partial charge in [0.05, 0.1) is 34.5 Å². The molecule has 0 amide bonds.